The number of amides is 2. The van der Waals surface area contributed by atoms with Gasteiger partial charge in [0.15, 0.2) is 0 Å². The molecule has 0 saturated carbocycles. The number of hydrogen-bond acceptors (Lipinski definition) is 4. The molecule has 1 heterocycles. The molecule has 24 heavy (non-hydrogen) atoms. The molecule has 2 amide bonds. The molecule has 1 aliphatic rings. The van der Waals surface area contributed by atoms with Gasteiger partial charge in [0, 0.05) is 13.0 Å². The van der Waals surface area contributed by atoms with E-state index in [2.05, 4.69) is 17.4 Å². The third-order valence-corrected chi connectivity index (χ3v) is 4.38. The number of piperidine rings is 1. The molecule has 6 nitrogen and oxygen atoms in total. The quantitative estimate of drug-likeness (QED) is 0.728. The second kappa shape index (κ2) is 9.39. The highest BCUT2D eigenvalue weighted by molar-refractivity contribution is 5.79. The summed E-state index contributed by atoms with van der Waals surface area (Å²) in [5, 5.41) is 3.12. The lowest BCUT2D eigenvalue weighted by Crippen LogP contribution is -2.47. The zero-order chi connectivity index (χ0) is 17.4. The second-order valence-electron chi connectivity index (χ2n) is 6.37. The lowest BCUT2D eigenvalue weighted by Gasteiger charge is -2.31. The maximum absolute atomic E-state index is 12.5. The first-order chi connectivity index (χ1) is 11.6. The molecule has 2 rings (SSSR count). The van der Waals surface area contributed by atoms with Crippen LogP contribution in [-0.2, 0) is 20.7 Å². The first kappa shape index (κ1) is 18.4. The van der Waals surface area contributed by atoms with Crippen molar-refractivity contribution in [2.24, 2.45) is 11.7 Å². The van der Waals surface area contributed by atoms with Crippen molar-refractivity contribution in [1.82, 2.24) is 10.2 Å². The van der Waals surface area contributed by atoms with E-state index in [-0.39, 0.29) is 30.3 Å². The number of hydrogen-bond donors (Lipinski definition) is 2. The summed E-state index contributed by atoms with van der Waals surface area (Å²) < 4.78 is 5.25. The Labute approximate surface area is 143 Å². The van der Waals surface area contributed by atoms with Crippen LogP contribution in [0.15, 0.2) is 30.3 Å². The van der Waals surface area contributed by atoms with Crippen molar-refractivity contribution >= 4 is 11.8 Å². The normalized spacial score (nSPS) is 17.4. The number of primary amides is 1. The third-order valence-electron chi connectivity index (χ3n) is 4.38. The Morgan fingerprint density at radius 1 is 1.29 bits per heavy atom. The predicted octanol–water partition coefficient (Wildman–Crippen LogP) is 0.558. The van der Waals surface area contributed by atoms with Crippen LogP contribution in [0.25, 0.3) is 0 Å². The van der Waals surface area contributed by atoms with Crippen molar-refractivity contribution in [3.63, 3.8) is 0 Å². The summed E-state index contributed by atoms with van der Waals surface area (Å²) in [7, 11) is 1.65. The van der Waals surface area contributed by atoms with E-state index in [1.54, 1.807) is 7.11 Å². The molecule has 1 aromatic carbocycles. The molecular weight excluding hydrogens is 306 g/mol. The fourth-order valence-electron chi connectivity index (χ4n) is 3.14. The number of nitrogens with two attached hydrogens (primary N) is 1. The Hall–Kier alpha value is -1.92. The minimum Gasteiger partial charge on any atom is -0.383 e. The van der Waals surface area contributed by atoms with Crippen molar-refractivity contribution in [3.05, 3.63) is 35.9 Å². The molecule has 0 radical (unpaired) electrons. The van der Waals surface area contributed by atoms with E-state index in [1.807, 2.05) is 23.1 Å². The molecule has 0 aliphatic carbocycles. The van der Waals surface area contributed by atoms with Crippen LogP contribution in [0.3, 0.4) is 0 Å². The van der Waals surface area contributed by atoms with Gasteiger partial charge in [0.05, 0.1) is 19.2 Å². The second-order valence-corrected chi connectivity index (χ2v) is 6.37. The van der Waals surface area contributed by atoms with E-state index >= 15 is 0 Å². The molecule has 0 aromatic heterocycles. The molecule has 6 heteroatoms. The highest BCUT2D eigenvalue weighted by Crippen LogP contribution is 2.17. The van der Waals surface area contributed by atoms with E-state index in [1.165, 1.54) is 5.56 Å². The van der Waals surface area contributed by atoms with Gasteiger partial charge in [-0.2, -0.15) is 0 Å². The summed E-state index contributed by atoms with van der Waals surface area (Å²) in [6.07, 6.45) is 2.26. The van der Waals surface area contributed by atoms with Crippen LogP contribution < -0.4 is 11.1 Å². The molecule has 132 valence electrons. The first-order valence-electron chi connectivity index (χ1n) is 8.42. The number of rotatable bonds is 8. The van der Waals surface area contributed by atoms with Crippen molar-refractivity contribution < 1.29 is 14.3 Å². The number of benzene rings is 1. The molecule has 0 spiro atoms. The van der Waals surface area contributed by atoms with Gasteiger partial charge < -0.3 is 15.8 Å². The number of nitrogens with one attached hydrogen (secondary N) is 1. The number of nitrogens with zero attached hydrogens (tertiary/aromatic N) is 1. The smallest absolute Gasteiger partial charge is 0.231 e. The molecule has 1 saturated heterocycles. The van der Waals surface area contributed by atoms with Crippen LogP contribution in [0.1, 0.15) is 18.4 Å². The van der Waals surface area contributed by atoms with Crippen LogP contribution in [0, 0.1) is 5.92 Å². The summed E-state index contributed by atoms with van der Waals surface area (Å²) >= 11 is 0. The molecular formula is C18H27N3O3. The largest absolute Gasteiger partial charge is 0.383 e. The number of carbonyl (C=O) groups is 2. The minimum atomic E-state index is -0.319. The molecule has 1 aromatic rings. The summed E-state index contributed by atoms with van der Waals surface area (Å²) in [6.45, 7) is 2.22. The van der Waals surface area contributed by atoms with E-state index in [4.69, 9.17) is 10.5 Å². The molecule has 1 fully saturated rings. The Bertz CT molecular complexity index is 528. The summed E-state index contributed by atoms with van der Waals surface area (Å²) in [5.41, 5.74) is 6.39. The topological polar surface area (TPSA) is 84.7 Å². The van der Waals surface area contributed by atoms with Gasteiger partial charge in [-0.1, -0.05) is 30.3 Å². The average molecular weight is 333 g/mol. The number of carbonyl (C=O) groups excluding carboxylic acids is 2. The monoisotopic (exact) mass is 333 g/mol. The Morgan fingerprint density at radius 2 is 1.96 bits per heavy atom. The third kappa shape index (κ3) is 5.94. The standard InChI is InChI=1S/C18H27N3O3/c1-24-13-16(11-14-5-3-2-4-6-14)20-18(23)15-7-9-21(10-8-15)12-17(19)22/h2-6,15-16H,7-13H2,1H3,(H2,19,22)(H,20,23)/t16-/m0/s1. The first-order valence-corrected chi connectivity index (χ1v) is 8.42. The van der Waals surface area contributed by atoms with Gasteiger partial charge in [-0.15, -0.1) is 0 Å². The average Bonchev–Trinajstić information content (AvgIpc) is 2.56. The minimum absolute atomic E-state index is 0.00995. The highest BCUT2D eigenvalue weighted by atomic mass is 16.5. The van der Waals surface area contributed by atoms with Crippen molar-refractivity contribution in [2.45, 2.75) is 25.3 Å². The molecule has 1 atom stereocenters. The van der Waals surface area contributed by atoms with Crippen LogP contribution in [-0.4, -0.2) is 56.1 Å². The fourth-order valence-corrected chi connectivity index (χ4v) is 3.14. The lowest BCUT2D eigenvalue weighted by molar-refractivity contribution is -0.127. The number of ether oxygens (including phenoxy) is 1. The van der Waals surface area contributed by atoms with E-state index in [0.29, 0.717) is 6.61 Å². The molecule has 3 N–H and O–H groups in total. The van der Waals surface area contributed by atoms with Crippen molar-refractivity contribution in [2.75, 3.05) is 33.4 Å². The Balaban J connectivity index is 1.83. The maximum atomic E-state index is 12.5. The van der Waals surface area contributed by atoms with Gasteiger partial charge in [0.2, 0.25) is 11.8 Å². The van der Waals surface area contributed by atoms with Crippen molar-refractivity contribution in [3.8, 4) is 0 Å². The van der Waals surface area contributed by atoms with Gasteiger partial charge >= 0.3 is 0 Å². The highest BCUT2D eigenvalue weighted by Gasteiger charge is 2.27. The van der Waals surface area contributed by atoms with Gasteiger partial charge in [0.1, 0.15) is 0 Å². The van der Waals surface area contributed by atoms with Gasteiger partial charge in [-0.05, 0) is 37.9 Å². The van der Waals surface area contributed by atoms with E-state index in [9.17, 15) is 9.59 Å². The molecule has 0 bridgehead atoms. The zero-order valence-corrected chi connectivity index (χ0v) is 14.2. The van der Waals surface area contributed by atoms with Crippen LogP contribution >= 0.6 is 0 Å². The number of likely N-dealkylation sites (tertiary alicyclic amines) is 1. The van der Waals surface area contributed by atoms with Crippen LogP contribution in [0.2, 0.25) is 0 Å². The summed E-state index contributed by atoms with van der Waals surface area (Å²) in [5.74, 6) is -0.253. The molecule has 0 unspecified atom stereocenters. The zero-order valence-electron chi connectivity index (χ0n) is 14.2. The van der Waals surface area contributed by atoms with Gasteiger partial charge in [-0.3, -0.25) is 14.5 Å². The Morgan fingerprint density at radius 3 is 2.54 bits per heavy atom. The lowest BCUT2D eigenvalue weighted by atomic mass is 9.95. The summed E-state index contributed by atoms with van der Waals surface area (Å²) in [4.78, 5) is 25.5. The maximum Gasteiger partial charge on any atom is 0.231 e. The van der Waals surface area contributed by atoms with E-state index in [0.717, 1.165) is 32.4 Å². The molecule has 1 aliphatic heterocycles. The van der Waals surface area contributed by atoms with Crippen LogP contribution in [0.4, 0.5) is 0 Å². The number of methoxy groups -OCH3 is 1. The Kier molecular flexibility index (Phi) is 7.21. The van der Waals surface area contributed by atoms with E-state index < -0.39 is 0 Å². The van der Waals surface area contributed by atoms with Gasteiger partial charge in [0.25, 0.3) is 0 Å². The van der Waals surface area contributed by atoms with Crippen LogP contribution in [0.5, 0.6) is 0 Å². The fraction of sp³-hybridized carbons (Fsp3) is 0.556. The SMILES string of the molecule is COC[C@H](Cc1ccccc1)NC(=O)C1CCN(CC(N)=O)CC1. The predicted molar refractivity (Wildman–Crippen MR) is 92.3 cm³/mol. The summed E-state index contributed by atoms with van der Waals surface area (Å²) in [6, 6.07) is 10.0. The van der Waals surface area contributed by atoms with Gasteiger partial charge in [-0.25, -0.2) is 0 Å². The van der Waals surface area contributed by atoms with Crippen molar-refractivity contribution in [1.29, 1.82) is 0 Å².